The molecule has 1 N–H and O–H groups in total. The molecule has 130 valence electrons. The highest BCUT2D eigenvalue weighted by Gasteiger charge is 2.27. The number of alkyl halides is 2. The van der Waals surface area contributed by atoms with E-state index in [0.29, 0.717) is 30.5 Å². The fourth-order valence-corrected chi connectivity index (χ4v) is 2.72. The molecule has 1 fully saturated rings. The lowest BCUT2D eigenvalue weighted by atomic mass is 9.98. The molecule has 2 rings (SSSR count). The second-order valence-corrected chi connectivity index (χ2v) is 5.66. The van der Waals surface area contributed by atoms with E-state index in [2.05, 4.69) is 4.74 Å². The zero-order valence-corrected chi connectivity index (χ0v) is 13.2. The molecule has 7 heteroatoms. The Bertz CT molecular complexity index is 645. The molecular formula is C17H19F2NO4. The van der Waals surface area contributed by atoms with Gasteiger partial charge in [0.15, 0.2) is 0 Å². The first-order valence-electron chi connectivity index (χ1n) is 7.62. The van der Waals surface area contributed by atoms with Crippen molar-refractivity contribution >= 4 is 17.4 Å². The van der Waals surface area contributed by atoms with Crippen LogP contribution in [-0.4, -0.2) is 41.6 Å². The molecule has 5 nitrogen and oxygen atoms in total. The van der Waals surface area contributed by atoms with Gasteiger partial charge in [-0.1, -0.05) is 18.2 Å². The number of carbonyl (C=O) groups is 2. The summed E-state index contributed by atoms with van der Waals surface area (Å²) in [5.41, 5.74) is 0.881. The molecule has 24 heavy (non-hydrogen) atoms. The predicted molar refractivity (Wildman–Crippen MR) is 83.7 cm³/mol. The average molecular weight is 339 g/mol. The summed E-state index contributed by atoms with van der Waals surface area (Å²) in [5.74, 6) is -1.81. The van der Waals surface area contributed by atoms with Crippen molar-refractivity contribution in [2.45, 2.75) is 26.4 Å². The smallest absolute Gasteiger partial charge is 0.387 e. The van der Waals surface area contributed by atoms with E-state index in [4.69, 9.17) is 5.11 Å². The number of para-hydroxylation sites is 1. The van der Waals surface area contributed by atoms with Crippen LogP contribution in [0.2, 0.25) is 0 Å². The van der Waals surface area contributed by atoms with Crippen molar-refractivity contribution in [3.63, 3.8) is 0 Å². The molecule has 1 heterocycles. The summed E-state index contributed by atoms with van der Waals surface area (Å²) in [6, 6.07) is 6.23. The third-order valence-corrected chi connectivity index (χ3v) is 3.95. The minimum Gasteiger partial charge on any atom is -0.481 e. The normalized spacial score (nSPS) is 18.6. The van der Waals surface area contributed by atoms with Crippen LogP contribution in [0.1, 0.15) is 25.3 Å². The number of aliphatic carboxylic acids is 1. The van der Waals surface area contributed by atoms with E-state index >= 15 is 0 Å². The first kappa shape index (κ1) is 17.9. The molecule has 1 saturated heterocycles. The Labute approximate surface area is 138 Å². The number of benzene rings is 1. The first-order chi connectivity index (χ1) is 11.4. The Morgan fingerprint density at radius 1 is 1.38 bits per heavy atom. The van der Waals surface area contributed by atoms with Crippen LogP contribution < -0.4 is 4.74 Å². The van der Waals surface area contributed by atoms with Crippen LogP contribution in [0.4, 0.5) is 8.78 Å². The summed E-state index contributed by atoms with van der Waals surface area (Å²) in [6.07, 6.45) is 2.51. The SMILES string of the molecule is C/C(=C\C(=O)N1CCCC(C(=O)O)C1)c1ccccc1OC(F)F. The standard InChI is InChI=1S/C17H19F2NO4/c1-11(13-6-2-3-7-14(13)24-17(18)19)9-15(21)20-8-4-5-12(10-20)16(22)23/h2-3,6-7,9,12,17H,4-5,8,10H2,1H3,(H,22,23)/b11-9+. The molecule has 1 aliphatic heterocycles. The number of piperidine rings is 1. The molecule has 0 saturated carbocycles. The fourth-order valence-electron chi connectivity index (χ4n) is 2.72. The lowest BCUT2D eigenvalue weighted by molar-refractivity contribution is -0.144. The van der Waals surface area contributed by atoms with Crippen LogP contribution >= 0.6 is 0 Å². The Hall–Kier alpha value is -2.44. The number of carboxylic acid groups (broad SMARTS) is 1. The monoisotopic (exact) mass is 339 g/mol. The first-order valence-corrected chi connectivity index (χ1v) is 7.62. The third-order valence-electron chi connectivity index (χ3n) is 3.95. The van der Waals surface area contributed by atoms with Crippen molar-refractivity contribution in [3.05, 3.63) is 35.9 Å². The minimum absolute atomic E-state index is 0.00360. The van der Waals surface area contributed by atoms with Crippen molar-refractivity contribution in [2.75, 3.05) is 13.1 Å². The average Bonchev–Trinajstić information content (AvgIpc) is 2.54. The van der Waals surface area contributed by atoms with E-state index in [0.717, 1.165) is 0 Å². The number of halogens is 2. The van der Waals surface area contributed by atoms with Gasteiger partial charge in [0.1, 0.15) is 5.75 Å². The zero-order chi connectivity index (χ0) is 17.7. The Kier molecular flexibility index (Phi) is 5.89. The number of carbonyl (C=O) groups excluding carboxylic acids is 1. The number of hydrogen-bond acceptors (Lipinski definition) is 3. The summed E-state index contributed by atoms with van der Waals surface area (Å²) >= 11 is 0. The van der Waals surface area contributed by atoms with Gasteiger partial charge in [-0.2, -0.15) is 8.78 Å². The Morgan fingerprint density at radius 2 is 2.08 bits per heavy atom. The summed E-state index contributed by atoms with van der Waals surface area (Å²) in [4.78, 5) is 24.9. The van der Waals surface area contributed by atoms with E-state index in [1.54, 1.807) is 25.1 Å². The topological polar surface area (TPSA) is 66.8 Å². The molecule has 0 radical (unpaired) electrons. The van der Waals surface area contributed by atoms with Crippen LogP contribution in [0.5, 0.6) is 5.75 Å². The number of likely N-dealkylation sites (tertiary alicyclic amines) is 1. The van der Waals surface area contributed by atoms with Gasteiger partial charge in [0.05, 0.1) is 5.92 Å². The largest absolute Gasteiger partial charge is 0.481 e. The minimum atomic E-state index is -2.95. The van der Waals surface area contributed by atoms with Crippen molar-refractivity contribution < 1.29 is 28.2 Å². The van der Waals surface area contributed by atoms with Crippen LogP contribution in [0, 0.1) is 5.92 Å². The van der Waals surface area contributed by atoms with Crippen molar-refractivity contribution in [3.8, 4) is 5.75 Å². The number of amides is 1. The van der Waals surface area contributed by atoms with Gasteiger partial charge in [0.25, 0.3) is 0 Å². The number of hydrogen-bond donors (Lipinski definition) is 1. The van der Waals surface area contributed by atoms with Gasteiger partial charge in [-0.3, -0.25) is 9.59 Å². The van der Waals surface area contributed by atoms with Gasteiger partial charge in [-0.25, -0.2) is 0 Å². The molecule has 0 aromatic heterocycles. The summed E-state index contributed by atoms with van der Waals surface area (Å²) in [7, 11) is 0. The van der Waals surface area contributed by atoms with E-state index < -0.39 is 18.5 Å². The van der Waals surface area contributed by atoms with Crippen LogP contribution in [0.3, 0.4) is 0 Å². The summed E-state index contributed by atoms with van der Waals surface area (Å²) in [5, 5.41) is 9.08. The van der Waals surface area contributed by atoms with E-state index in [1.165, 1.54) is 17.0 Å². The number of carboxylic acids is 1. The van der Waals surface area contributed by atoms with Gasteiger partial charge in [-0.15, -0.1) is 0 Å². The number of allylic oxidation sites excluding steroid dienone is 1. The highest BCUT2D eigenvalue weighted by atomic mass is 19.3. The van der Waals surface area contributed by atoms with Gasteiger partial charge in [0.2, 0.25) is 5.91 Å². The second kappa shape index (κ2) is 7.90. The molecular weight excluding hydrogens is 320 g/mol. The number of ether oxygens (including phenoxy) is 1. The predicted octanol–water partition coefficient (Wildman–Crippen LogP) is 3.01. The quantitative estimate of drug-likeness (QED) is 0.838. The summed E-state index contributed by atoms with van der Waals surface area (Å²) < 4.78 is 29.4. The maximum absolute atomic E-state index is 12.5. The molecule has 1 amide bonds. The van der Waals surface area contributed by atoms with Gasteiger partial charge in [-0.05, 0) is 31.4 Å². The van der Waals surface area contributed by atoms with Gasteiger partial charge >= 0.3 is 12.6 Å². The van der Waals surface area contributed by atoms with Crippen LogP contribution in [0.25, 0.3) is 5.57 Å². The van der Waals surface area contributed by atoms with Gasteiger partial charge in [0, 0.05) is 24.7 Å². The van der Waals surface area contributed by atoms with Crippen molar-refractivity contribution in [2.24, 2.45) is 5.92 Å². The van der Waals surface area contributed by atoms with Crippen LogP contribution in [-0.2, 0) is 9.59 Å². The molecule has 0 bridgehead atoms. The molecule has 1 aromatic rings. The maximum Gasteiger partial charge on any atom is 0.387 e. The maximum atomic E-state index is 12.5. The highest BCUT2D eigenvalue weighted by molar-refractivity contribution is 5.95. The molecule has 1 atom stereocenters. The second-order valence-electron chi connectivity index (χ2n) is 5.66. The summed E-state index contributed by atoms with van der Waals surface area (Å²) in [6.45, 7) is -0.674. The Morgan fingerprint density at radius 3 is 2.75 bits per heavy atom. The van der Waals surface area contributed by atoms with Crippen molar-refractivity contribution in [1.29, 1.82) is 0 Å². The zero-order valence-electron chi connectivity index (χ0n) is 13.2. The molecule has 0 spiro atoms. The third kappa shape index (κ3) is 4.53. The van der Waals surface area contributed by atoms with E-state index in [-0.39, 0.29) is 18.2 Å². The molecule has 0 aliphatic carbocycles. The Balaban J connectivity index is 2.15. The lowest BCUT2D eigenvalue weighted by Crippen LogP contribution is -2.41. The van der Waals surface area contributed by atoms with Crippen LogP contribution in [0.15, 0.2) is 30.3 Å². The fraction of sp³-hybridized carbons (Fsp3) is 0.412. The van der Waals surface area contributed by atoms with Gasteiger partial charge < -0.3 is 14.7 Å². The number of rotatable bonds is 5. The van der Waals surface area contributed by atoms with E-state index in [1.807, 2.05) is 0 Å². The van der Waals surface area contributed by atoms with Crippen molar-refractivity contribution in [1.82, 2.24) is 4.90 Å². The molecule has 1 aliphatic rings. The number of nitrogens with zero attached hydrogens (tertiary/aromatic N) is 1. The molecule has 1 unspecified atom stereocenters. The molecule has 1 aromatic carbocycles. The lowest BCUT2D eigenvalue weighted by Gasteiger charge is -2.30. The van der Waals surface area contributed by atoms with E-state index in [9.17, 15) is 18.4 Å². The highest BCUT2D eigenvalue weighted by Crippen LogP contribution is 2.27.